The summed E-state index contributed by atoms with van der Waals surface area (Å²) in [6.07, 6.45) is 1.70. The highest BCUT2D eigenvalue weighted by atomic mass is 19.1. The Morgan fingerprint density at radius 1 is 0.900 bits per heavy atom. The second-order valence-electron chi connectivity index (χ2n) is 6.93. The topological polar surface area (TPSA) is 86.2 Å². The number of hydrogen-bond donors (Lipinski definition) is 0. The summed E-state index contributed by atoms with van der Waals surface area (Å²) in [5.41, 5.74) is 1.49. The van der Waals surface area contributed by atoms with Crippen LogP contribution in [-0.4, -0.2) is 51.0 Å². The van der Waals surface area contributed by atoms with E-state index in [4.69, 9.17) is 0 Å². The van der Waals surface area contributed by atoms with Crippen LogP contribution in [0.3, 0.4) is 0 Å². The van der Waals surface area contributed by atoms with Crippen molar-refractivity contribution in [2.75, 3.05) is 36.0 Å². The van der Waals surface area contributed by atoms with Crippen LogP contribution in [0.2, 0.25) is 0 Å². The Hall–Kier alpha value is -4.06. The normalized spacial score (nSPS) is 14.1. The van der Waals surface area contributed by atoms with Gasteiger partial charge in [-0.05, 0) is 36.4 Å². The van der Waals surface area contributed by atoms with Gasteiger partial charge in [0.1, 0.15) is 23.5 Å². The van der Waals surface area contributed by atoms with Crippen molar-refractivity contribution in [2.24, 2.45) is 0 Å². The van der Waals surface area contributed by atoms with Gasteiger partial charge in [0.25, 0.3) is 0 Å². The predicted octanol–water partition coefficient (Wildman–Crippen LogP) is 2.52. The predicted molar refractivity (Wildman–Crippen MR) is 110 cm³/mol. The summed E-state index contributed by atoms with van der Waals surface area (Å²) in [5.74, 6) is 1.48. The number of anilines is 2. The molecule has 0 saturated carbocycles. The molecule has 1 saturated heterocycles. The molecule has 5 rings (SSSR count). The fourth-order valence-corrected chi connectivity index (χ4v) is 3.64. The Kier molecular flexibility index (Phi) is 4.44. The maximum atomic E-state index is 14.2. The molecule has 3 aromatic heterocycles. The van der Waals surface area contributed by atoms with Crippen molar-refractivity contribution in [3.63, 3.8) is 0 Å². The molecule has 1 aliphatic rings. The zero-order valence-electron chi connectivity index (χ0n) is 16.0. The summed E-state index contributed by atoms with van der Waals surface area (Å²) in [4.78, 5) is 8.63. The van der Waals surface area contributed by atoms with Gasteiger partial charge >= 0.3 is 0 Å². The molecule has 148 valence electrons. The first-order valence-electron chi connectivity index (χ1n) is 9.57. The first-order valence-corrected chi connectivity index (χ1v) is 9.57. The van der Waals surface area contributed by atoms with Crippen LogP contribution in [0.25, 0.3) is 17.0 Å². The van der Waals surface area contributed by atoms with Gasteiger partial charge in [0.2, 0.25) is 0 Å². The summed E-state index contributed by atoms with van der Waals surface area (Å²) in [5, 5.41) is 22.2. The van der Waals surface area contributed by atoms with E-state index in [1.54, 1.807) is 41.0 Å². The van der Waals surface area contributed by atoms with Crippen molar-refractivity contribution < 1.29 is 4.39 Å². The number of halogens is 1. The molecule has 0 amide bonds. The Balaban J connectivity index is 1.41. The van der Waals surface area contributed by atoms with Crippen LogP contribution < -0.4 is 9.80 Å². The van der Waals surface area contributed by atoms with Gasteiger partial charge < -0.3 is 9.80 Å². The largest absolute Gasteiger partial charge is 0.352 e. The number of hydrogen-bond acceptors (Lipinski definition) is 7. The highest BCUT2D eigenvalue weighted by molar-refractivity contribution is 5.60. The van der Waals surface area contributed by atoms with Crippen LogP contribution in [0.1, 0.15) is 5.56 Å². The van der Waals surface area contributed by atoms with E-state index in [9.17, 15) is 9.65 Å². The number of piperazine rings is 1. The number of nitrogens with zero attached hydrogens (tertiary/aromatic N) is 8. The standard InChI is InChI=1S/C21H17FN8/c22-17-6-2-1-5-16(17)21-26-25-18-7-8-19(27-30(18)21)28-10-12-29(13-11-28)20-15(14-23)4-3-9-24-20/h1-9H,10-13H2. The van der Waals surface area contributed by atoms with Gasteiger partial charge in [-0.15, -0.1) is 15.3 Å². The highest BCUT2D eigenvalue weighted by Crippen LogP contribution is 2.24. The van der Waals surface area contributed by atoms with Gasteiger partial charge in [-0.2, -0.15) is 9.78 Å². The Morgan fingerprint density at radius 2 is 1.70 bits per heavy atom. The van der Waals surface area contributed by atoms with E-state index in [0.717, 1.165) is 18.9 Å². The SMILES string of the molecule is N#Cc1cccnc1N1CCN(c2ccc3nnc(-c4ccccc4F)n3n2)CC1. The smallest absolute Gasteiger partial charge is 0.188 e. The Labute approximate surface area is 171 Å². The zero-order chi connectivity index (χ0) is 20.5. The summed E-state index contributed by atoms with van der Waals surface area (Å²) in [6.45, 7) is 2.87. The van der Waals surface area contributed by atoms with E-state index in [1.165, 1.54) is 6.07 Å². The lowest BCUT2D eigenvalue weighted by Gasteiger charge is -2.36. The molecule has 0 bridgehead atoms. The molecule has 1 aliphatic heterocycles. The number of fused-ring (bicyclic) bond motifs is 1. The molecule has 8 nitrogen and oxygen atoms in total. The lowest BCUT2D eigenvalue weighted by Crippen LogP contribution is -2.47. The van der Waals surface area contributed by atoms with E-state index in [0.29, 0.717) is 41.5 Å². The van der Waals surface area contributed by atoms with Crippen molar-refractivity contribution in [1.29, 1.82) is 5.26 Å². The van der Waals surface area contributed by atoms with E-state index >= 15 is 0 Å². The third-order valence-corrected chi connectivity index (χ3v) is 5.17. The molecule has 0 aliphatic carbocycles. The Bertz CT molecular complexity index is 1250. The average Bonchev–Trinajstić information content (AvgIpc) is 3.22. The first kappa shape index (κ1) is 18.0. The van der Waals surface area contributed by atoms with Crippen molar-refractivity contribution in [2.45, 2.75) is 0 Å². The second kappa shape index (κ2) is 7.40. The molecule has 0 radical (unpaired) electrons. The van der Waals surface area contributed by atoms with Crippen molar-refractivity contribution in [3.05, 3.63) is 66.1 Å². The number of aromatic nitrogens is 5. The lowest BCUT2D eigenvalue weighted by atomic mass is 10.2. The summed E-state index contributed by atoms with van der Waals surface area (Å²) in [6, 6.07) is 15.9. The van der Waals surface area contributed by atoms with Gasteiger partial charge in [0.05, 0.1) is 11.1 Å². The van der Waals surface area contributed by atoms with Gasteiger partial charge in [-0.3, -0.25) is 0 Å². The molecule has 4 aromatic rings. The number of rotatable bonds is 3. The van der Waals surface area contributed by atoms with Gasteiger partial charge in [0.15, 0.2) is 11.5 Å². The van der Waals surface area contributed by atoms with Crippen LogP contribution in [0.5, 0.6) is 0 Å². The lowest BCUT2D eigenvalue weighted by molar-refractivity contribution is 0.627. The number of pyridine rings is 1. The molecule has 0 N–H and O–H groups in total. The summed E-state index contributed by atoms with van der Waals surface area (Å²) < 4.78 is 15.8. The minimum absolute atomic E-state index is 0.360. The van der Waals surface area contributed by atoms with Crippen molar-refractivity contribution in [3.8, 4) is 17.5 Å². The minimum atomic E-state index is -0.365. The average molecular weight is 400 g/mol. The molecule has 30 heavy (non-hydrogen) atoms. The molecule has 0 spiro atoms. The summed E-state index contributed by atoms with van der Waals surface area (Å²) in [7, 11) is 0. The second-order valence-corrected chi connectivity index (χ2v) is 6.93. The van der Waals surface area contributed by atoms with Gasteiger partial charge in [-0.1, -0.05) is 12.1 Å². The third kappa shape index (κ3) is 3.08. The monoisotopic (exact) mass is 400 g/mol. The van der Waals surface area contributed by atoms with Gasteiger partial charge in [-0.25, -0.2) is 9.37 Å². The molecule has 0 atom stereocenters. The number of benzene rings is 1. The summed E-state index contributed by atoms with van der Waals surface area (Å²) >= 11 is 0. The van der Waals surface area contributed by atoms with Gasteiger partial charge in [0, 0.05) is 32.4 Å². The van der Waals surface area contributed by atoms with Crippen LogP contribution in [0.4, 0.5) is 16.0 Å². The minimum Gasteiger partial charge on any atom is -0.352 e. The maximum Gasteiger partial charge on any atom is 0.188 e. The van der Waals surface area contributed by atoms with Crippen LogP contribution in [0, 0.1) is 17.1 Å². The van der Waals surface area contributed by atoms with Crippen LogP contribution in [0.15, 0.2) is 54.7 Å². The van der Waals surface area contributed by atoms with Crippen molar-refractivity contribution >= 4 is 17.3 Å². The van der Waals surface area contributed by atoms with Crippen molar-refractivity contribution in [1.82, 2.24) is 24.8 Å². The fraction of sp³-hybridized carbons (Fsp3) is 0.190. The van der Waals surface area contributed by atoms with E-state index in [-0.39, 0.29) is 5.82 Å². The molecule has 9 heteroatoms. The molecular weight excluding hydrogens is 383 g/mol. The Morgan fingerprint density at radius 3 is 2.50 bits per heavy atom. The molecule has 1 aromatic carbocycles. The molecule has 0 unspecified atom stereocenters. The first-order chi connectivity index (χ1) is 14.7. The van der Waals surface area contributed by atoms with Crippen LogP contribution >= 0.6 is 0 Å². The number of nitriles is 1. The van der Waals surface area contributed by atoms with E-state index in [1.807, 2.05) is 12.1 Å². The molecule has 1 fully saturated rings. The zero-order valence-corrected chi connectivity index (χ0v) is 16.0. The maximum absolute atomic E-state index is 14.2. The highest BCUT2D eigenvalue weighted by Gasteiger charge is 2.22. The third-order valence-electron chi connectivity index (χ3n) is 5.17. The molecular formula is C21H17FN8. The van der Waals surface area contributed by atoms with E-state index in [2.05, 4.69) is 36.1 Å². The molecule has 4 heterocycles. The quantitative estimate of drug-likeness (QED) is 0.522. The van der Waals surface area contributed by atoms with Crippen LogP contribution in [-0.2, 0) is 0 Å². The van der Waals surface area contributed by atoms with E-state index < -0.39 is 0 Å². The fourth-order valence-electron chi connectivity index (χ4n) is 3.64.